The molecule has 0 spiro atoms. The van der Waals surface area contributed by atoms with E-state index < -0.39 is 16.0 Å². The molecule has 2 rings (SSSR count). The molecule has 0 atom stereocenters. The van der Waals surface area contributed by atoms with Crippen LogP contribution < -0.4 is 0 Å². The molecule has 0 aromatic heterocycles. The lowest BCUT2D eigenvalue weighted by Gasteiger charge is -1.99. The smallest absolute Gasteiger partial charge is 0.335 e. The summed E-state index contributed by atoms with van der Waals surface area (Å²) in [7, 11) is -3.75. The molecule has 1 N–H and O–H groups in total. The number of hydrogen-bond acceptors (Lipinski definition) is 3. The second kappa shape index (κ2) is 5.88. The number of aryl methyl sites for hydroxylation is 1. The Hall–Kier alpha value is -2.47. The summed E-state index contributed by atoms with van der Waals surface area (Å²) in [5.74, 6) is -1.04. The number of carboxylic acids is 1. The second-order valence-electron chi connectivity index (χ2n) is 4.45. The average molecular weight is 303 g/mol. The molecule has 108 valence electrons. The van der Waals surface area contributed by atoms with E-state index in [1.54, 1.807) is 12.1 Å². The molecule has 2 aromatic rings. The zero-order chi connectivity index (χ0) is 15.5. The van der Waals surface area contributed by atoms with E-state index in [1.807, 2.05) is 6.92 Å². The van der Waals surface area contributed by atoms with Crippen LogP contribution in [0.25, 0.3) is 0 Å². The summed E-state index contributed by atoms with van der Waals surface area (Å²) in [6.45, 7) is 1.86. The van der Waals surface area contributed by atoms with Gasteiger partial charge in [-0.15, -0.1) is 0 Å². The Balaban J connectivity index is 2.23. The molecular formula is C15H13NO4S. The van der Waals surface area contributed by atoms with Gasteiger partial charge in [0.05, 0.1) is 10.5 Å². The predicted octanol–water partition coefficient (Wildman–Crippen LogP) is 2.50. The first kappa shape index (κ1) is 14.9. The molecule has 6 heteroatoms. The van der Waals surface area contributed by atoms with Gasteiger partial charge in [0.25, 0.3) is 10.0 Å². The fraction of sp³-hybridized carbons (Fsp3) is 0.0667. The van der Waals surface area contributed by atoms with Gasteiger partial charge in [0.2, 0.25) is 0 Å². The topological polar surface area (TPSA) is 83.8 Å². The van der Waals surface area contributed by atoms with Crippen LogP contribution in [0.3, 0.4) is 0 Å². The van der Waals surface area contributed by atoms with Crippen molar-refractivity contribution in [3.8, 4) is 0 Å². The summed E-state index contributed by atoms with van der Waals surface area (Å²) in [6.07, 6.45) is 1.20. The van der Waals surface area contributed by atoms with Crippen LogP contribution >= 0.6 is 0 Å². The molecule has 5 nitrogen and oxygen atoms in total. The second-order valence-corrected chi connectivity index (χ2v) is 6.08. The summed E-state index contributed by atoms with van der Waals surface area (Å²) in [6, 6.07) is 12.2. The van der Waals surface area contributed by atoms with Gasteiger partial charge in [-0.25, -0.2) is 4.79 Å². The van der Waals surface area contributed by atoms with E-state index in [1.165, 1.54) is 42.6 Å². The molecule has 0 bridgehead atoms. The lowest BCUT2D eigenvalue weighted by molar-refractivity contribution is 0.0697. The van der Waals surface area contributed by atoms with Gasteiger partial charge in [0, 0.05) is 6.21 Å². The molecule has 0 fully saturated rings. The molecular weight excluding hydrogens is 290 g/mol. The SMILES string of the molecule is Cc1ccc(S(=O)(=O)/N=C/c2ccc(C(=O)O)cc2)cc1. The first-order valence-electron chi connectivity index (χ1n) is 6.09. The Bertz CT molecular complexity index is 775. The maximum absolute atomic E-state index is 12.0. The molecule has 0 radical (unpaired) electrons. The van der Waals surface area contributed by atoms with Crippen molar-refractivity contribution >= 4 is 22.2 Å². The Labute approximate surface area is 122 Å². The molecule has 0 heterocycles. The minimum atomic E-state index is -3.75. The molecule has 0 aliphatic heterocycles. The maximum Gasteiger partial charge on any atom is 0.335 e. The van der Waals surface area contributed by atoms with Crippen molar-refractivity contribution in [2.75, 3.05) is 0 Å². The van der Waals surface area contributed by atoms with Crippen molar-refractivity contribution in [2.45, 2.75) is 11.8 Å². The first-order valence-corrected chi connectivity index (χ1v) is 7.53. The van der Waals surface area contributed by atoms with Gasteiger partial charge in [0.15, 0.2) is 0 Å². The average Bonchev–Trinajstić information content (AvgIpc) is 2.46. The van der Waals surface area contributed by atoms with E-state index >= 15 is 0 Å². The zero-order valence-corrected chi connectivity index (χ0v) is 12.0. The van der Waals surface area contributed by atoms with Crippen LogP contribution in [0.2, 0.25) is 0 Å². The highest BCUT2D eigenvalue weighted by molar-refractivity contribution is 7.90. The van der Waals surface area contributed by atoms with Gasteiger partial charge < -0.3 is 5.11 Å². The van der Waals surface area contributed by atoms with Crippen molar-refractivity contribution in [3.63, 3.8) is 0 Å². The predicted molar refractivity (Wildman–Crippen MR) is 79.4 cm³/mol. The summed E-state index contributed by atoms with van der Waals surface area (Å²) in [4.78, 5) is 10.8. The molecule has 2 aromatic carbocycles. The highest BCUT2D eigenvalue weighted by Crippen LogP contribution is 2.13. The van der Waals surface area contributed by atoms with Crippen LogP contribution in [0.4, 0.5) is 0 Å². The minimum Gasteiger partial charge on any atom is -0.478 e. The normalized spacial score (nSPS) is 11.7. The number of rotatable bonds is 4. The minimum absolute atomic E-state index is 0.117. The molecule has 0 aliphatic carbocycles. The fourth-order valence-electron chi connectivity index (χ4n) is 1.61. The summed E-state index contributed by atoms with van der Waals surface area (Å²) in [5, 5.41) is 8.78. The highest BCUT2D eigenvalue weighted by atomic mass is 32.2. The van der Waals surface area contributed by atoms with E-state index in [-0.39, 0.29) is 10.5 Å². The van der Waals surface area contributed by atoms with E-state index in [4.69, 9.17) is 5.11 Å². The maximum atomic E-state index is 12.0. The Morgan fingerprint density at radius 1 is 1.05 bits per heavy atom. The Morgan fingerprint density at radius 2 is 1.62 bits per heavy atom. The molecule has 0 saturated carbocycles. The lowest BCUT2D eigenvalue weighted by Crippen LogP contribution is -1.99. The lowest BCUT2D eigenvalue weighted by atomic mass is 10.1. The van der Waals surface area contributed by atoms with Crippen molar-refractivity contribution < 1.29 is 18.3 Å². The molecule has 21 heavy (non-hydrogen) atoms. The van der Waals surface area contributed by atoms with Gasteiger partial charge in [-0.1, -0.05) is 29.8 Å². The van der Waals surface area contributed by atoms with E-state index in [0.717, 1.165) is 5.56 Å². The quantitative estimate of drug-likeness (QED) is 0.880. The molecule has 0 unspecified atom stereocenters. The number of hydrogen-bond donors (Lipinski definition) is 1. The number of benzene rings is 2. The molecule has 0 aliphatic rings. The third-order valence-electron chi connectivity index (χ3n) is 2.82. The van der Waals surface area contributed by atoms with Crippen molar-refractivity contribution in [1.82, 2.24) is 0 Å². The van der Waals surface area contributed by atoms with E-state index in [2.05, 4.69) is 4.40 Å². The summed E-state index contributed by atoms with van der Waals surface area (Å²) < 4.78 is 27.6. The first-order chi connectivity index (χ1) is 9.88. The standard InChI is InChI=1S/C15H13NO4S/c1-11-2-8-14(9-3-11)21(19,20)16-10-12-4-6-13(7-5-12)15(17)18/h2-10H,1H3,(H,17,18)/b16-10+. The number of sulfonamides is 1. The van der Waals surface area contributed by atoms with Gasteiger partial charge in [-0.3, -0.25) is 0 Å². The van der Waals surface area contributed by atoms with Crippen molar-refractivity contribution in [1.29, 1.82) is 0 Å². The zero-order valence-electron chi connectivity index (χ0n) is 11.2. The Kier molecular flexibility index (Phi) is 4.18. The van der Waals surface area contributed by atoms with Gasteiger partial charge in [-0.2, -0.15) is 12.8 Å². The van der Waals surface area contributed by atoms with Crippen molar-refractivity contribution in [3.05, 3.63) is 65.2 Å². The van der Waals surface area contributed by atoms with Gasteiger partial charge in [0.1, 0.15) is 0 Å². The van der Waals surface area contributed by atoms with Crippen molar-refractivity contribution in [2.24, 2.45) is 4.40 Å². The molecule has 0 amide bonds. The van der Waals surface area contributed by atoms with Crippen LogP contribution in [-0.4, -0.2) is 25.7 Å². The largest absolute Gasteiger partial charge is 0.478 e. The molecule has 0 saturated heterocycles. The monoisotopic (exact) mass is 303 g/mol. The van der Waals surface area contributed by atoms with Crippen LogP contribution in [0, 0.1) is 6.92 Å². The number of aromatic carboxylic acids is 1. The van der Waals surface area contributed by atoms with Gasteiger partial charge in [-0.05, 0) is 36.8 Å². The number of nitrogens with zero attached hydrogens (tertiary/aromatic N) is 1. The summed E-state index contributed by atoms with van der Waals surface area (Å²) >= 11 is 0. The third-order valence-corrected chi connectivity index (χ3v) is 4.07. The van der Waals surface area contributed by atoms with Crippen LogP contribution in [-0.2, 0) is 10.0 Å². The van der Waals surface area contributed by atoms with E-state index in [0.29, 0.717) is 5.56 Å². The highest BCUT2D eigenvalue weighted by Gasteiger charge is 2.10. The van der Waals surface area contributed by atoms with Gasteiger partial charge >= 0.3 is 5.97 Å². The number of carboxylic acid groups (broad SMARTS) is 1. The third kappa shape index (κ3) is 3.76. The van der Waals surface area contributed by atoms with Crippen LogP contribution in [0.5, 0.6) is 0 Å². The Morgan fingerprint density at radius 3 is 2.14 bits per heavy atom. The van der Waals surface area contributed by atoms with E-state index in [9.17, 15) is 13.2 Å². The van der Waals surface area contributed by atoms with Crippen LogP contribution in [0.1, 0.15) is 21.5 Å². The van der Waals surface area contributed by atoms with Crippen LogP contribution in [0.15, 0.2) is 57.8 Å². The summed E-state index contributed by atoms with van der Waals surface area (Å²) in [5.41, 5.74) is 1.60. The fourth-order valence-corrected chi connectivity index (χ4v) is 2.48. The number of carbonyl (C=O) groups is 1.